The highest BCUT2D eigenvalue weighted by Crippen LogP contribution is 2.51. The summed E-state index contributed by atoms with van der Waals surface area (Å²) >= 11 is 3.25. The Morgan fingerprint density at radius 1 is 0.618 bits per heavy atom. The second-order valence-electron chi connectivity index (χ2n) is 9.18. The van der Waals surface area contributed by atoms with Gasteiger partial charge < -0.3 is 4.18 Å². The summed E-state index contributed by atoms with van der Waals surface area (Å²) in [5.74, 6) is 0.540. The predicted molar refractivity (Wildman–Crippen MR) is 146 cm³/mol. The third-order valence-corrected chi connectivity index (χ3v) is 10.0. The van der Waals surface area contributed by atoms with Crippen LogP contribution in [0.4, 0.5) is 0 Å². The summed E-state index contributed by atoms with van der Waals surface area (Å²) < 4.78 is 30.8. The van der Waals surface area contributed by atoms with Crippen LogP contribution in [0.25, 0.3) is 0 Å². The van der Waals surface area contributed by atoms with E-state index in [1.807, 2.05) is 24.3 Å². The van der Waals surface area contributed by atoms with Gasteiger partial charge in [-0.3, -0.25) is 0 Å². The summed E-state index contributed by atoms with van der Waals surface area (Å²) in [6, 6.07) is 13.9. The molecule has 0 amide bonds. The Bertz CT molecular complexity index is 973. The van der Waals surface area contributed by atoms with Crippen molar-refractivity contribution in [1.29, 1.82) is 0 Å². The maximum absolute atomic E-state index is 12.6. The van der Waals surface area contributed by atoms with E-state index >= 15 is 0 Å². The number of hydrogen-bond donors (Lipinski definition) is 0. The van der Waals surface area contributed by atoms with Crippen molar-refractivity contribution in [3.8, 4) is 5.75 Å². The molecule has 1 aliphatic rings. The maximum Gasteiger partial charge on any atom is 0.309 e. The van der Waals surface area contributed by atoms with Crippen molar-refractivity contribution in [2.24, 2.45) is 0 Å². The average Bonchev–Trinajstić information content (AvgIpc) is 2.83. The Kier molecular flexibility index (Phi) is 12.2. The lowest BCUT2D eigenvalue weighted by Crippen LogP contribution is -2.14. The largest absolute Gasteiger partial charge is 0.381 e. The third kappa shape index (κ3) is 9.50. The van der Waals surface area contributed by atoms with Crippen LogP contribution in [-0.2, 0) is 10.1 Å². The molecule has 1 aliphatic heterocycles. The van der Waals surface area contributed by atoms with Gasteiger partial charge in [-0.15, -0.1) is 0 Å². The minimum atomic E-state index is -3.58. The molecular formula is C28H40O3S3. The molecule has 0 N–H and O–H groups in total. The van der Waals surface area contributed by atoms with Crippen LogP contribution in [0.2, 0.25) is 0 Å². The highest BCUT2D eigenvalue weighted by Gasteiger charge is 2.23. The summed E-state index contributed by atoms with van der Waals surface area (Å²) in [6.45, 7) is 2.26. The first-order valence-corrected chi connectivity index (χ1v) is 16.3. The molecule has 0 radical (unpaired) electrons. The average molecular weight is 521 g/mol. The molecule has 3 nitrogen and oxygen atoms in total. The Morgan fingerprint density at radius 2 is 1.12 bits per heavy atom. The van der Waals surface area contributed by atoms with E-state index in [-0.39, 0.29) is 5.75 Å². The minimum Gasteiger partial charge on any atom is -0.381 e. The van der Waals surface area contributed by atoms with E-state index < -0.39 is 10.1 Å². The maximum atomic E-state index is 12.6. The molecule has 0 saturated heterocycles. The lowest BCUT2D eigenvalue weighted by Gasteiger charge is -2.20. The molecule has 2 aromatic rings. The summed E-state index contributed by atoms with van der Waals surface area (Å²) in [5.41, 5.74) is 0. The zero-order valence-corrected chi connectivity index (χ0v) is 23.0. The van der Waals surface area contributed by atoms with Crippen LogP contribution in [0.1, 0.15) is 96.8 Å². The first-order valence-electron chi connectivity index (χ1n) is 13.1. The van der Waals surface area contributed by atoms with Gasteiger partial charge in [-0.2, -0.15) is 8.42 Å². The van der Waals surface area contributed by atoms with E-state index in [0.29, 0.717) is 12.2 Å². The van der Waals surface area contributed by atoms with Crippen LogP contribution in [-0.4, -0.2) is 14.2 Å². The van der Waals surface area contributed by atoms with E-state index in [1.165, 1.54) is 75.5 Å². The SMILES string of the molecule is CCCCCCCCCCCCCCCCS(=O)(=O)Oc1cccc2c1Sc1ccccc1S2. The number of fused-ring (bicyclic) bond motifs is 2. The molecular weight excluding hydrogens is 481 g/mol. The van der Waals surface area contributed by atoms with Gasteiger partial charge >= 0.3 is 10.1 Å². The first-order chi connectivity index (χ1) is 16.6. The van der Waals surface area contributed by atoms with Crippen molar-refractivity contribution in [1.82, 2.24) is 0 Å². The third-order valence-electron chi connectivity index (χ3n) is 6.19. The molecule has 0 atom stereocenters. The molecule has 0 aliphatic carbocycles. The zero-order chi connectivity index (χ0) is 24.1. The standard InChI is InChI=1S/C28H40O3S3/c1-2-3-4-5-6-7-8-9-10-11-12-13-14-17-23-34(29,30)31-24-19-18-22-27-28(24)33-26-21-16-15-20-25(26)32-27/h15-16,18-22H,2-14,17,23H2,1H3. The van der Waals surface area contributed by atoms with E-state index in [9.17, 15) is 8.42 Å². The van der Waals surface area contributed by atoms with Gasteiger partial charge in [0.05, 0.1) is 10.6 Å². The molecule has 0 aromatic heterocycles. The fraction of sp³-hybridized carbons (Fsp3) is 0.571. The van der Waals surface area contributed by atoms with Crippen molar-refractivity contribution >= 4 is 33.6 Å². The van der Waals surface area contributed by atoms with Crippen LogP contribution in [0.3, 0.4) is 0 Å². The second kappa shape index (κ2) is 15.1. The van der Waals surface area contributed by atoms with Gasteiger partial charge in [-0.25, -0.2) is 0 Å². The highest BCUT2D eigenvalue weighted by atomic mass is 32.2. The molecule has 0 spiro atoms. The summed E-state index contributed by atoms with van der Waals surface area (Å²) in [7, 11) is -3.58. The summed E-state index contributed by atoms with van der Waals surface area (Å²) in [4.78, 5) is 4.28. The molecule has 1 heterocycles. The van der Waals surface area contributed by atoms with Crippen LogP contribution in [0.5, 0.6) is 5.75 Å². The van der Waals surface area contributed by atoms with Crippen LogP contribution in [0.15, 0.2) is 62.0 Å². The quantitative estimate of drug-likeness (QED) is 0.131. The molecule has 6 heteroatoms. The van der Waals surface area contributed by atoms with Gasteiger partial charge in [0.2, 0.25) is 0 Å². The van der Waals surface area contributed by atoms with Crippen LogP contribution in [0, 0.1) is 0 Å². The van der Waals surface area contributed by atoms with E-state index in [1.54, 1.807) is 29.6 Å². The normalized spacial score (nSPS) is 12.9. The number of rotatable bonds is 17. The first kappa shape index (κ1) is 27.5. The Hall–Kier alpha value is -1.11. The van der Waals surface area contributed by atoms with Gasteiger partial charge in [-0.1, -0.05) is 132 Å². The van der Waals surface area contributed by atoms with Crippen LogP contribution >= 0.6 is 23.5 Å². The van der Waals surface area contributed by atoms with Gasteiger partial charge in [0.25, 0.3) is 0 Å². The van der Waals surface area contributed by atoms with Crippen molar-refractivity contribution in [3.05, 3.63) is 42.5 Å². The fourth-order valence-corrected chi connectivity index (χ4v) is 7.65. The Labute approximate surface area is 216 Å². The zero-order valence-electron chi connectivity index (χ0n) is 20.6. The van der Waals surface area contributed by atoms with E-state index in [0.717, 1.165) is 27.5 Å². The van der Waals surface area contributed by atoms with Gasteiger partial charge in [0.1, 0.15) is 0 Å². The van der Waals surface area contributed by atoms with E-state index in [2.05, 4.69) is 19.1 Å². The fourth-order valence-electron chi connectivity index (χ4n) is 4.24. The Balaban J connectivity index is 1.29. The van der Waals surface area contributed by atoms with Crippen molar-refractivity contribution in [2.75, 3.05) is 5.75 Å². The topological polar surface area (TPSA) is 43.4 Å². The molecule has 2 aromatic carbocycles. The Morgan fingerprint density at radius 3 is 1.71 bits per heavy atom. The van der Waals surface area contributed by atoms with Crippen molar-refractivity contribution in [3.63, 3.8) is 0 Å². The molecule has 0 unspecified atom stereocenters. The minimum absolute atomic E-state index is 0.0864. The molecule has 0 bridgehead atoms. The summed E-state index contributed by atoms with van der Waals surface area (Å²) in [6.07, 6.45) is 17.5. The monoisotopic (exact) mass is 520 g/mol. The molecule has 188 valence electrons. The van der Waals surface area contributed by atoms with Gasteiger partial charge in [0, 0.05) is 14.7 Å². The number of benzene rings is 2. The number of hydrogen-bond acceptors (Lipinski definition) is 5. The highest BCUT2D eigenvalue weighted by molar-refractivity contribution is 8.05. The second-order valence-corrected chi connectivity index (χ2v) is 13.0. The molecule has 0 saturated carbocycles. The smallest absolute Gasteiger partial charge is 0.309 e. The predicted octanol–water partition coefficient (Wildman–Crippen LogP) is 9.49. The summed E-state index contributed by atoms with van der Waals surface area (Å²) in [5, 5.41) is 0. The van der Waals surface area contributed by atoms with Crippen LogP contribution < -0.4 is 4.18 Å². The van der Waals surface area contributed by atoms with Gasteiger partial charge in [-0.05, 0) is 30.7 Å². The molecule has 34 heavy (non-hydrogen) atoms. The van der Waals surface area contributed by atoms with E-state index in [4.69, 9.17) is 4.18 Å². The van der Waals surface area contributed by atoms with Crippen molar-refractivity contribution < 1.29 is 12.6 Å². The number of unbranched alkanes of at least 4 members (excludes halogenated alkanes) is 13. The lowest BCUT2D eigenvalue weighted by atomic mass is 10.0. The van der Waals surface area contributed by atoms with Gasteiger partial charge in [0.15, 0.2) is 5.75 Å². The molecule has 0 fully saturated rings. The van der Waals surface area contributed by atoms with Crippen molar-refractivity contribution in [2.45, 2.75) is 116 Å². The lowest BCUT2D eigenvalue weighted by molar-refractivity contribution is 0.474. The molecule has 3 rings (SSSR count).